The van der Waals surface area contributed by atoms with Gasteiger partial charge in [0.15, 0.2) is 0 Å². The molecule has 2 aromatic rings. The van der Waals surface area contributed by atoms with Crippen molar-refractivity contribution in [2.45, 2.75) is 6.61 Å². The van der Waals surface area contributed by atoms with Crippen molar-refractivity contribution < 1.29 is 4.74 Å². The first-order valence-electron chi connectivity index (χ1n) is 4.39. The molecular formula is C9H9BrN4OS. The third-order valence-electron chi connectivity index (χ3n) is 1.72. The number of aromatic nitrogens is 2. The third kappa shape index (κ3) is 2.83. The lowest BCUT2D eigenvalue weighted by Gasteiger charge is -2.04. The Labute approximate surface area is 105 Å². The average Bonchev–Trinajstić information content (AvgIpc) is 2.60. The number of nitrogens with two attached hydrogens (primary N) is 2. The van der Waals surface area contributed by atoms with Crippen molar-refractivity contribution in [3.8, 4) is 5.88 Å². The van der Waals surface area contributed by atoms with Gasteiger partial charge in [-0.1, -0.05) is 0 Å². The van der Waals surface area contributed by atoms with Gasteiger partial charge in [-0.05, 0) is 22.0 Å². The van der Waals surface area contributed by atoms with E-state index in [1.54, 1.807) is 17.4 Å². The molecule has 0 amide bonds. The van der Waals surface area contributed by atoms with Gasteiger partial charge >= 0.3 is 0 Å². The molecule has 0 aliphatic rings. The fourth-order valence-corrected chi connectivity index (χ4v) is 2.47. The summed E-state index contributed by atoms with van der Waals surface area (Å²) in [6.45, 7) is 0.437. The molecule has 5 nitrogen and oxygen atoms in total. The van der Waals surface area contributed by atoms with E-state index in [2.05, 4.69) is 25.9 Å². The Kier molecular flexibility index (Phi) is 3.25. The van der Waals surface area contributed by atoms with Gasteiger partial charge in [0.25, 0.3) is 0 Å². The van der Waals surface area contributed by atoms with Crippen molar-refractivity contribution in [3.63, 3.8) is 0 Å². The zero-order valence-electron chi connectivity index (χ0n) is 8.18. The lowest BCUT2D eigenvalue weighted by molar-refractivity contribution is 0.297. The lowest BCUT2D eigenvalue weighted by atomic mass is 10.5. The minimum absolute atomic E-state index is 0.113. The van der Waals surface area contributed by atoms with Gasteiger partial charge in [0.1, 0.15) is 12.4 Å². The minimum Gasteiger partial charge on any atom is -0.472 e. The van der Waals surface area contributed by atoms with E-state index in [0.717, 1.165) is 9.35 Å². The predicted molar refractivity (Wildman–Crippen MR) is 67.2 cm³/mol. The summed E-state index contributed by atoms with van der Waals surface area (Å²) in [4.78, 5) is 8.75. The number of ether oxygens (including phenoxy) is 1. The van der Waals surface area contributed by atoms with Crippen LogP contribution in [0.4, 0.5) is 11.8 Å². The second-order valence-corrected chi connectivity index (χ2v) is 4.92. The highest BCUT2D eigenvalue weighted by Crippen LogP contribution is 2.21. The van der Waals surface area contributed by atoms with Crippen LogP contribution in [0.3, 0.4) is 0 Å². The number of rotatable bonds is 3. The van der Waals surface area contributed by atoms with Gasteiger partial charge < -0.3 is 16.2 Å². The SMILES string of the molecule is Nc1cc(OCc2cc(Br)cs2)nc(N)n1. The summed E-state index contributed by atoms with van der Waals surface area (Å²) in [7, 11) is 0. The van der Waals surface area contributed by atoms with E-state index < -0.39 is 0 Å². The number of hydrogen-bond donors (Lipinski definition) is 2. The Hall–Kier alpha value is -1.34. The quantitative estimate of drug-likeness (QED) is 0.906. The molecule has 16 heavy (non-hydrogen) atoms. The van der Waals surface area contributed by atoms with E-state index in [9.17, 15) is 0 Å². The van der Waals surface area contributed by atoms with E-state index in [0.29, 0.717) is 18.3 Å². The molecule has 2 rings (SSSR count). The number of nitrogens with zero attached hydrogens (tertiary/aromatic N) is 2. The summed E-state index contributed by atoms with van der Waals surface area (Å²) in [5.41, 5.74) is 11.0. The summed E-state index contributed by atoms with van der Waals surface area (Å²) in [5, 5.41) is 1.99. The molecule has 2 heterocycles. The maximum Gasteiger partial charge on any atom is 0.225 e. The van der Waals surface area contributed by atoms with Crippen LogP contribution in [0, 0.1) is 0 Å². The van der Waals surface area contributed by atoms with Gasteiger partial charge in [-0.2, -0.15) is 9.97 Å². The van der Waals surface area contributed by atoms with Gasteiger partial charge in [-0.3, -0.25) is 0 Å². The van der Waals surface area contributed by atoms with Crippen LogP contribution in [-0.4, -0.2) is 9.97 Å². The van der Waals surface area contributed by atoms with Crippen LogP contribution in [0.1, 0.15) is 4.88 Å². The maximum absolute atomic E-state index is 5.52. The zero-order valence-corrected chi connectivity index (χ0v) is 10.6. The Balaban J connectivity index is 2.04. The highest BCUT2D eigenvalue weighted by atomic mass is 79.9. The monoisotopic (exact) mass is 300 g/mol. The van der Waals surface area contributed by atoms with Crippen molar-refractivity contribution in [3.05, 3.63) is 26.9 Å². The van der Waals surface area contributed by atoms with Gasteiger partial charge in [-0.15, -0.1) is 11.3 Å². The predicted octanol–water partition coefficient (Wildman–Crippen LogP) is 2.04. The minimum atomic E-state index is 0.113. The van der Waals surface area contributed by atoms with Crippen molar-refractivity contribution >= 4 is 39.0 Å². The number of thiophene rings is 1. The smallest absolute Gasteiger partial charge is 0.225 e. The summed E-state index contributed by atoms with van der Waals surface area (Å²) >= 11 is 4.97. The first-order valence-corrected chi connectivity index (χ1v) is 6.06. The van der Waals surface area contributed by atoms with Crippen LogP contribution in [0.15, 0.2) is 22.0 Å². The molecule has 0 aromatic carbocycles. The summed E-state index contributed by atoms with van der Waals surface area (Å²) < 4.78 is 6.49. The van der Waals surface area contributed by atoms with E-state index in [-0.39, 0.29) is 5.95 Å². The zero-order chi connectivity index (χ0) is 11.5. The van der Waals surface area contributed by atoms with Crippen molar-refractivity contribution in [2.24, 2.45) is 0 Å². The number of nitrogen functional groups attached to an aromatic ring is 2. The molecule has 0 saturated carbocycles. The van der Waals surface area contributed by atoms with Crippen LogP contribution in [0.5, 0.6) is 5.88 Å². The molecule has 4 N–H and O–H groups in total. The van der Waals surface area contributed by atoms with Crippen molar-refractivity contribution in [1.29, 1.82) is 0 Å². The molecule has 84 valence electrons. The molecule has 7 heteroatoms. The Morgan fingerprint density at radius 1 is 1.31 bits per heavy atom. The Morgan fingerprint density at radius 2 is 2.12 bits per heavy atom. The summed E-state index contributed by atoms with van der Waals surface area (Å²) in [6.07, 6.45) is 0. The van der Waals surface area contributed by atoms with Crippen molar-refractivity contribution in [1.82, 2.24) is 9.97 Å². The lowest BCUT2D eigenvalue weighted by Crippen LogP contribution is -2.02. The molecule has 0 atom stereocenters. The maximum atomic E-state index is 5.52. The third-order valence-corrected chi connectivity index (χ3v) is 3.39. The molecule has 0 radical (unpaired) electrons. The van der Waals surface area contributed by atoms with Crippen LogP contribution in [0.25, 0.3) is 0 Å². The fourth-order valence-electron chi connectivity index (χ4n) is 1.11. The molecular weight excluding hydrogens is 292 g/mol. The van der Waals surface area contributed by atoms with Crippen LogP contribution < -0.4 is 16.2 Å². The topological polar surface area (TPSA) is 87.0 Å². The Bertz CT molecular complexity index is 482. The normalized spacial score (nSPS) is 10.3. The molecule has 0 aliphatic carbocycles. The van der Waals surface area contributed by atoms with E-state index in [4.69, 9.17) is 16.2 Å². The standard InChI is InChI=1S/C9H9BrN4OS/c10-5-1-6(16-4-5)3-15-8-2-7(11)13-9(12)14-8/h1-2,4H,3H2,(H4,11,12,13,14). The van der Waals surface area contributed by atoms with Gasteiger partial charge in [0, 0.05) is 20.8 Å². The highest BCUT2D eigenvalue weighted by molar-refractivity contribution is 9.10. The fraction of sp³-hybridized carbons (Fsp3) is 0.111. The molecule has 0 spiro atoms. The van der Waals surface area contributed by atoms with E-state index >= 15 is 0 Å². The van der Waals surface area contributed by atoms with Crippen LogP contribution >= 0.6 is 27.3 Å². The van der Waals surface area contributed by atoms with Gasteiger partial charge in [0.2, 0.25) is 11.8 Å². The Morgan fingerprint density at radius 3 is 2.75 bits per heavy atom. The second-order valence-electron chi connectivity index (χ2n) is 3.01. The largest absolute Gasteiger partial charge is 0.472 e. The molecule has 0 unspecified atom stereocenters. The van der Waals surface area contributed by atoms with Crippen LogP contribution in [0.2, 0.25) is 0 Å². The summed E-state index contributed by atoms with van der Waals surface area (Å²) in [6, 6.07) is 3.53. The second kappa shape index (κ2) is 4.67. The molecule has 0 saturated heterocycles. The van der Waals surface area contributed by atoms with Crippen molar-refractivity contribution in [2.75, 3.05) is 11.5 Å². The molecule has 0 aliphatic heterocycles. The number of anilines is 2. The summed E-state index contributed by atoms with van der Waals surface area (Å²) in [5.74, 6) is 0.798. The van der Waals surface area contributed by atoms with Gasteiger partial charge in [0.05, 0.1) is 0 Å². The van der Waals surface area contributed by atoms with E-state index in [1.165, 1.54) is 0 Å². The highest BCUT2D eigenvalue weighted by Gasteiger charge is 2.03. The van der Waals surface area contributed by atoms with Gasteiger partial charge in [-0.25, -0.2) is 0 Å². The molecule has 0 fully saturated rings. The first kappa shape index (κ1) is 11.2. The molecule has 0 bridgehead atoms. The molecule has 2 aromatic heterocycles. The van der Waals surface area contributed by atoms with E-state index in [1.807, 2.05) is 11.4 Å². The first-order chi connectivity index (χ1) is 7.63. The number of hydrogen-bond acceptors (Lipinski definition) is 6. The van der Waals surface area contributed by atoms with Crippen LogP contribution in [-0.2, 0) is 6.61 Å². The number of halogens is 1. The average molecular weight is 301 g/mol.